The zero-order chi connectivity index (χ0) is 19.9. The van der Waals surface area contributed by atoms with Gasteiger partial charge in [-0.3, -0.25) is 0 Å². The predicted molar refractivity (Wildman–Crippen MR) is 111 cm³/mol. The summed E-state index contributed by atoms with van der Waals surface area (Å²) >= 11 is 2.93. The van der Waals surface area contributed by atoms with Crippen molar-refractivity contribution in [2.75, 3.05) is 13.2 Å². The van der Waals surface area contributed by atoms with E-state index in [0.717, 1.165) is 29.7 Å². The molecule has 1 spiro atoms. The molecule has 4 rings (SSSR count). The second-order valence-electron chi connectivity index (χ2n) is 7.43. The number of hydrogen-bond donors (Lipinski definition) is 4. The Kier molecular flexibility index (Phi) is 5.86. The van der Waals surface area contributed by atoms with E-state index < -0.39 is 28.5 Å². The van der Waals surface area contributed by atoms with Crippen LogP contribution in [0.2, 0.25) is 0 Å². The quantitative estimate of drug-likeness (QED) is 0.601. The lowest BCUT2D eigenvalue weighted by Crippen LogP contribution is -2.60. The summed E-state index contributed by atoms with van der Waals surface area (Å²) in [5.41, 5.74) is 3.41. The molecule has 7 heteroatoms. The zero-order valence-electron chi connectivity index (χ0n) is 15.7. The molecule has 1 fully saturated rings. The van der Waals surface area contributed by atoms with E-state index >= 15 is 0 Å². The number of hydrogen-bond acceptors (Lipinski definition) is 7. The van der Waals surface area contributed by atoms with Gasteiger partial charge in [0.2, 0.25) is 0 Å². The molecule has 0 aliphatic carbocycles. The molecule has 0 amide bonds. The van der Waals surface area contributed by atoms with Crippen LogP contribution in [0.25, 0.3) is 0 Å². The first-order valence-corrected chi connectivity index (χ1v) is 11.3. The maximum atomic E-state index is 10.8. The smallest absolute Gasteiger partial charge is 0.169 e. The third-order valence-electron chi connectivity index (χ3n) is 5.64. The van der Waals surface area contributed by atoms with Gasteiger partial charge in [0.05, 0.1) is 24.6 Å². The predicted octanol–water partition coefficient (Wildman–Crippen LogP) is 1.82. The number of thioether (sulfide) groups is 1. The molecule has 3 heterocycles. The first-order chi connectivity index (χ1) is 13.5. The van der Waals surface area contributed by atoms with E-state index in [1.54, 1.807) is 11.3 Å². The summed E-state index contributed by atoms with van der Waals surface area (Å²) in [6.07, 6.45) is -1.25. The average Bonchev–Trinajstić information content (AvgIpc) is 3.13. The van der Waals surface area contributed by atoms with Crippen LogP contribution in [0, 0.1) is 0 Å². The summed E-state index contributed by atoms with van der Waals surface area (Å²) in [4.78, 5) is 1.16. The van der Waals surface area contributed by atoms with Crippen molar-refractivity contribution in [2.24, 2.45) is 0 Å². The van der Waals surface area contributed by atoms with Gasteiger partial charge in [0.1, 0.15) is 12.2 Å². The van der Waals surface area contributed by atoms with Crippen LogP contribution in [0.5, 0.6) is 0 Å². The maximum Gasteiger partial charge on any atom is 0.169 e. The van der Waals surface area contributed by atoms with Crippen molar-refractivity contribution in [3.05, 3.63) is 56.8 Å². The summed E-state index contributed by atoms with van der Waals surface area (Å²) in [7, 11) is 0. The number of thiophene rings is 1. The fourth-order valence-electron chi connectivity index (χ4n) is 4.00. The Morgan fingerprint density at radius 2 is 1.82 bits per heavy atom. The second-order valence-corrected chi connectivity index (χ2v) is 10.1. The largest absolute Gasteiger partial charge is 0.395 e. The summed E-state index contributed by atoms with van der Waals surface area (Å²) in [6.45, 7) is 2.28. The van der Waals surface area contributed by atoms with Gasteiger partial charge in [-0.15, -0.1) is 23.1 Å². The van der Waals surface area contributed by atoms with Crippen LogP contribution in [0.1, 0.15) is 33.4 Å². The van der Waals surface area contributed by atoms with Crippen molar-refractivity contribution in [1.29, 1.82) is 0 Å². The highest BCUT2D eigenvalue weighted by molar-refractivity contribution is 8.00. The first-order valence-electron chi connectivity index (χ1n) is 9.65. The molecule has 152 valence electrons. The summed E-state index contributed by atoms with van der Waals surface area (Å²) in [6, 6.07) is 10.7. The molecule has 0 radical (unpaired) electrons. The van der Waals surface area contributed by atoms with Crippen molar-refractivity contribution < 1.29 is 25.2 Å². The molecule has 1 aromatic carbocycles. The van der Waals surface area contributed by atoms with Gasteiger partial charge in [0.15, 0.2) is 4.93 Å². The van der Waals surface area contributed by atoms with Crippen molar-refractivity contribution in [2.45, 2.75) is 54.7 Å². The van der Waals surface area contributed by atoms with Gasteiger partial charge >= 0.3 is 0 Å². The Morgan fingerprint density at radius 1 is 1.11 bits per heavy atom. The van der Waals surface area contributed by atoms with E-state index in [1.807, 2.05) is 0 Å². The Hall–Kier alpha value is -0.930. The average molecular weight is 423 g/mol. The van der Waals surface area contributed by atoms with Crippen molar-refractivity contribution >= 4 is 23.1 Å². The lowest BCUT2D eigenvalue weighted by molar-refractivity contribution is -0.155. The van der Waals surface area contributed by atoms with E-state index in [9.17, 15) is 20.4 Å². The number of aliphatic hydroxyl groups excluding tert-OH is 4. The van der Waals surface area contributed by atoms with Crippen LogP contribution in [-0.2, 0) is 28.9 Å². The molecular weight excluding hydrogens is 396 g/mol. The molecule has 0 bridgehead atoms. The van der Waals surface area contributed by atoms with Gasteiger partial charge in [-0.25, -0.2) is 0 Å². The number of aryl methyl sites for hydroxylation is 1. The molecule has 1 aromatic heterocycles. The van der Waals surface area contributed by atoms with Gasteiger partial charge in [0.25, 0.3) is 0 Å². The lowest BCUT2D eigenvalue weighted by atomic mass is 9.92. The van der Waals surface area contributed by atoms with Gasteiger partial charge < -0.3 is 25.2 Å². The maximum absolute atomic E-state index is 10.8. The van der Waals surface area contributed by atoms with Gasteiger partial charge in [-0.1, -0.05) is 31.2 Å². The third kappa shape index (κ3) is 3.43. The summed E-state index contributed by atoms with van der Waals surface area (Å²) < 4.78 is 6.03. The fourth-order valence-corrected chi connectivity index (χ4v) is 6.87. The van der Waals surface area contributed by atoms with Gasteiger partial charge in [-0.2, -0.15) is 0 Å². The SMILES string of the molecule is CCc1ccc(Cc2cc3c(s2)CCO[C@]32S[C@H](CO)[C@@H](O)[C@H](O)[C@H]2O)cc1. The topological polar surface area (TPSA) is 90.2 Å². The minimum absolute atomic E-state index is 0.295. The molecule has 0 saturated carbocycles. The Balaban J connectivity index is 1.65. The Labute approximate surface area is 173 Å². The molecule has 28 heavy (non-hydrogen) atoms. The summed E-state index contributed by atoms with van der Waals surface area (Å²) in [5.74, 6) is 0. The van der Waals surface area contributed by atoms with Crippen LogP contribution in [0.3, 0.4) is 0 Å². The van der Waals surface area contributed by atoms with Crippen LogP contribution >= 0.6 is 23.1 Å². The Morgan fingerprint density at radius 3 is 2.50 bits per heavy atom. The number of fused-ring (bicyclic) bond motifs is 2. The molecule has 2 aliphatic heterocycles. The highest BCUT2D eigenvalue weighted by Crippen LogP contribution is 2.53. The van der Waals surface area contributed by atoms with Crippen LogP contribution in [0.15, 0.2) is 30.3 Å². The van der Waals surface area contributed by atoms with Crippen molar-refractivity contribution in [3.8, 4) is 0 Å². The van der Waals surface area contributed by atoms with E-state index in [2.05, 4.69) is 37.3 Å². The van der Waals surface area contributed by atoms with E-state index in [-0.39, 0.29) is 6.61 Å². The van der Waals surface area contributed by atoms with E-state index in [4.69, 9.17) is 4.74 Å². The fraction of sp³-hybridized carbons (Fsp3) is 0.524. The van der Waals surface area contributed by atoms with Crippen LogP contribution in [0.4, 0.5) is 0 Å². The lowest BCUT2D eigenvalue weighted by Gasteiger charge is -2.49. The third-order valence-corrected chi connectivity index (χ3v) is 8.50. The van der Waals surface area contributed by atoms with Crippen LogP contribution in [-0.4, -0.2) is 57.2 Å². The van der Waals surface area contributed by atoms with Crippen LogP contribution < -0.4 is 0 Å². The van der Waals surface area contributed by atoms with E-state index in [0.29, 0.717) is 6.61 Å². The number of rotatable bonds is 4. The first kappa shape index (κ1) is 20.3. The number of aliphatic hydroxyl groups is 4. The minimum atomic E-state index is -1.37. The van der Waals surface area contributed by atoms with E-state index in [1.165, 1.54) is 27.8 Å². The standard InChI is InChI=1S/C21H26O5S2/c1-2-12-3-5-13(6-4-12)9-14-10-15-16(27-14)7-8-26-21(15)20(25)19(24)18(23)17(11-22)28-21/h3-6,10,17-20,22-25H,2,7-9,11H2,1H3/t17-,18-,19+,20-,21+/m1/s1. The normalized spacial score (nSPS) is 32.5. The Bertz CT molecular complexity index is 819. The highest BCUT2D eigenvalue weighted by Gasteiger charge is 2.56. The molecule has 5 atom stereocenters. The van der Waals surface area contributed by atoms with Gasteiger partial charge in [-0.05, 0) is 23.6 Å². The molecular formula is C21H26O5S2. The molecule has 1 saturated heterocycles. The van der Waals surface area contributed by atoms with Crippen molar-refractivity contribution in [3.63, 3.8) is 0 Å². The molecule has 2 aliphatic rings. The molecule has 2 aromatic rings. The van der Waals surface area contributed by atoms with Gasteiger partial charge in [0, 0.05) is 28.2 Å². The second kappa shape index (κ2) is 8.07. The number of ether oxygens (including phenoxy) is 1. The molecule has 5 nitrogen and oxygen atoms in total. The summed E-state index contributed by atoms with van der Waals surface area (Å²) in [5, 5.41) is 40.4. The zero-order valence-corrected chi connectivity index (χ0v) is 17.4. The van der Waals surface area contributed by atoms with Crippen molar-refractivity contribution in [1.82, 2.24) is 0 Å². The minimum Gasteiger partial charge on any atom is -0.395 e. The highest BCUT2D eigenvalue weighted by atomic mass is 32.2. The molecule has 4 N–H and O–H groups in total. The number of benzene rings is 1. The molecule has 0 unspecified atom stereocenters. The monoisotopic (exact) mass is 422 g/mol.